The highest BCUT2D eigenvalue weighted by molar-refractivity contribution is 6.29. The third kappa shape index (κ3) is 2.89. The number of rotatable bonds is 4. The first-order chi connectivity index (χ1) is 5.67. The van der Waals surface area contributed by atoms with E-state index in [-0.39, 0.29) is 12.5 Å². The summed E-state index contributed by atoms with van der Waals surface area (Å²) in [6, 6.07) is 1.53. The summed E-state index contributed by atoms with van der Waals surface area (Å²) in [5.41, 5.74) is 0. The van der Waals surface area contributed by atoms with Crippen molar-refractivity contribution in [3.63, 3.8) is 0 Å². The summed E-state index contributed by atoms with van der Waals surface area (Å²) in [6.07, 6.45) is 0. The number of ether oxygens (including phenoxy) is 1. The van der Waals surface area contributed by atoms with Crippen molar-refractivity contribution >= 4 is 23.4 Å². The van der Waals surface area contributed by atoms with Crippen molar-refractivity contribution in [2.75, 3.05) is 12.5 Å². The van der Waals surface area contributed by atoms with Gasteiger partial charge in [0.05, 0.1) is 18.6 Å². The standard InChI is InChI=1S/C7H8ClNO3/c1-2-12-7(11)5(4-9)6(10)3-8/h5H,2-3H2,1H3. The van der Waals surface area contributed by atoms with Gasteiger partial charge in [-0.2, -0.15) is 5.26 Å². The van der Waals surface area contributed by atoms with Crippen LogP contribution in [0.3, 0.4) is 0 Å². The molecule has 12 heavy (non-hydrogen) atoms. The van der Waals surface area contributed by atoms with Crippen LogP contribution >= 0.6 is 11.6 Å². The Morgan fingerprint density at radius 3 is 2.58 bits per heavy atom. The minimum atomic E-state index is -1.37. The van der Waals surface area contributed by atoms with Crippen LogP contribution < -0.4 is 0 Å². The summed E-state index contributed by atoms with van der Waals surface area (Å²) < 4.78 is 4.48. The number of carbonyl (C=O) groups excluding carboxylic acids is 2. The van der Waals surface area contributed by atoms with Crippen molar-refractivity contribution in [1.29, 1.82) is 5.26 Å². The third-order valence-corrected chi connectivity index (χ3v) is 1.37. The van der Waals surface area contributed by atoms with Crippen LogP contribution in [0, 0.1) is 17.2 Å². The fourth-order valence-electron chi connectivity index (χ4n) is 0.559. The largest absolute Gasteiger partial charge is 0.465 e. The van der Waals surface area contributed by atoms with Crippen molar-refractivity contribution in [2.45, 2.75) is 6.92 Å². The summed E-state index contributed by atoms with van der Waals surface area (Å²) in [4.78, 5) is 21.7. The molecule has 0 aromatic rings. The van der Waals surface area contributed by atoms with Crippen LogP contribution in [0.1, 0.15) is 6.92 Å². The Balaban J connectivity index is 4.27. The quantitative estimate of drug-likeness (QED) is 0.367. The molecule has 0 bridgehead atoms. The minimum Gasteiger partial charge on any atom is -0.465 e. The van der Waals surface area contributed by atoms with Crippen LogP contribution in [0.5, 0.6) is 0 Å². The Labute approximate surface area is 75.1 Å². The number of alkyl halides is 1. The molecule has 0 saturated carbocycles. The van der Waals surface area contributed by atoms with Crippen LogP contribution in [0.25, 0.3) is 0 Å². The van der Waals surface area contributed by atoms with Gasteiger partial charge in [0.2, 0.25) is 5.92 Å². The second kappa shape index (κ2) is 5.56. The van der Waals surface area contributed by atoms with Crippen LogP contribution in [-0.2, 0) is 14.3 Å². The van der Waals surface area contributed by atoms with Gasteiger partial charge in [-0.25, -0.2) is 0 Å². The lowest BCUT2D eigenvalue weighted by Gasteiger charge is -2.04. The second-order valence-corrected chi connectivity index (χ2v) is 2.18. The molecular weight excluding hydrogens is 182 g/mol. The molecule has 0 aliphatic heterocycles. The Bertz CT molecular complexity index is 221. The van der Waals surface area contributed by atoms with Crippen LogP contribution in [0.2, 0.25) is 0 Å². The summed E-state index contributed by atoms with van der Waals surface area (Å²) in [5.74, 6) is -3.18. The summed E-state index contributed by atoms with van der Waals surface area (Å²) in [6.45, 7) is 1.74. The van der Waals surface area contributed by atoms with E-state index in [0.717, 1.165) is 0 Å². The zero-order chi connectivity index (χ0) is 9.56. The Hall–Kier alpha value is -1.08. The highest BCUT2D eigenvalue weighted by atomic mass is 35.5. The normalized spacial score (nSPS) is 11.4. The predicted octanol–water partition coefficient (Wildman–Crippen LogP) is 0.497. The van der Waals surface area contributed by atoms with Crippen LogP contribution in [0.4, 0.5) is 0 Å². The van der Waals surface area contributed by atoms with Crippen molar-refractivity contribution in [1.82, 2.24) is 0 Å². The summed E-state index contributed by atoms with van der Waals surface area (Å²) >= 11 is 5.16. The summed E-state index contributed by atoms with van der Waals surface area (Å²) in [7, 11) is 0. The lowest BCUT2D eigenvalue weighted by molar-refractivity contribution is -0.148. The van der Waals surface area contributed by atoms with Crippen molar-refractivity contribution in [3.8, 4) is 6.07 Å². The van der Waals surface area contributed by atoms with Crippen molar-refractivity contribution in [2.24, 2.45) is 5.92 Å². The molecule has 0 aliphatic carbocycles. The van der Waals surface area contributed by atoms with E-state index in [2.05, 4.69) is 4.74 Å². The van der Waals surface area contributed by atoms with Crippen LogP contribution in [0.15, 0.2) is 0 Å². The van der Waals surface area contributed by atoms with E-state index >= 15 is 0 Å². The van der Waals surface area contributed by atoms with Gasteiger partial charge in [0.25, 0.3) is 0 Å². The first-order valence-electron chi connectivity index (χ1n) is 3.32. The molecule has 0 aromatic heterocycles. The van der Waals surface area contributed by atoms with E-state index in [1.165, 1.54) is 6.07 Å². The maximum atomic E-state index is 10.9. The fraction of sp³-hybridized carbons (Fsp3) is 0.571. The molecule has 5 heteroatoms. The van der Waals surface area contributed by atoms with Gasteiger partial charge in [0, 0.05) is 0 Å². The second-order valence-electron chi connectivity index (χ2n) is 1.91. The number of halogens is 1. The van der Waals surface area contributed by atoms with Gasteiger partial charge in [0.15, 0.2) is 5.78 Å². The first kappa shape index (κ1) is 10.9. The Morgan fingerprint density at radius 2 is 2.25 bits per heavy atom. The van der Waals surface area contributed by atoms with E-state index < -0.39 is 17.7 Å². The molecule has 0 heterocycles. The van der Waals surface area contributed by atoms with Gasteiger partial charge in [-0.15, -0.1) is 11.6 Å². The topological polar surface area (TPSA) is 67.2 Å². The molecule has 1 atom stereocenters. The molecule has 0 fully saturated rings. The van der Waals surface area contributed by atoms with E-state index in [9.17, 15) is 9.59 Å². The van der Waals surface area contributed by atoms with E-state index in [4.69, 9.17) is 16.9 Å². The number of hydrogen-bond acceptors (Lipinski definition) is 4. The first-order valence-corrected chi connectivity index (χ1v) is 3.85. The molecule has 0 aromatic carbocycles. The van der Waals surface area contributed by atoms with Crippen LogP contribution in [-0.4, -0.2) is 24.2 Å². The van der Waals surface area contributed by atoms with Gasteiger partial charge in [-0.3, -0.25) is 9.59 Å². The molecule has 0 saturated heterocycles. The summed E-state index contributed by atoms with van der Waals surface area (Å²) in [5, 5.41) is 8.39. The number of ketones is 1. The van der Waals surface area contributed by atoms with E-state index in [1.54, 1.807) is 6.92 Å². The maximum Gasteiger partial charge on any atom is 0.331 e. The number of Topliss-reactive ketones (excluding diaryl/α,β-unsaturated/α-hetero) is 1. The molecule has 0 N–H and O–H groups in total. The predicted molar refractivity (Wildman–Crippen MR) is 41.5 cm³/mol. The molecule has 0 rings (SSSR count). The number of nitrogens with zero attached hydrogens (tertiary/aromatic N) is 1. The maximum absolute atomic E-state index is 10.9. The lowest BCUT2D eigenvalue weighted by atomic mass is 10.1. The average molecular weight is 190 g/mol. The lowest BCUT2D eigenvalue weighted by Crippen LogP contribution is -2.25. The molecule has 66 valence electrons. The van der Waals surface area contributed by atoms with Gasteiger partial charge >= 0.3 is 5.97 Å². The fourth-order valence-corrected chi connectivity index (χ4v) is 0.713. The zero-order valence-electron chi connectivity index (χ0n) is 6.54. The molecule has 1 unspecified atom stereocenters. The van der Waals surface area contributed by atoms with E-state index in [0.29, 0.717) is 0 Å². The van der Waals surface area contributed by atoms with Gasteiger partial charge < -0.3 is 4.74 Å². The Morgan fingerprint density at radius 1 is 1.67 bits per heavy atom. The molecule has 0 spiro atoms. The highest BCUT2D eigenvalue weighted by Crippen LogP contribution is 2.01. The SMILES string of the molecule is CCOC(=O)C(C#N)C(=O)CCl. The van der Waals surface area contributed by atoms with Gasteiger partial charge in [-0.05, 0) is 6.92 Å². The minimum absolute atomic E-state index is 0.145. The van der Waals surface area contributed by atoms with Gasteiger partial charge in [-0.1, -0.05) is 0 Å². The molecular formula is C7H8ClNO3. The number of nitriles is 1. The van der Waals surface area contributed by atoms with E-state index in [1.807, 2.05) is 0 Å². The smallest absolute Gasteiger partial charge is 0.331 e. The van der Waals surface area contributed by atoms with Crippen molar-refractivity contribution in [3.05, 3.63) is 0 Å². The van der Waals surface area contributed by atoms with Crippen molar-refractivity contribution < 1.29 is 14.3 Å². The van der Waals surface area contributed by atoms with Gasteiger partial charge in [0.1, 0.15) is 0 Å². The Kier molecular flexibility index (Phi) is 5.06. The monoisotopic (exact) mass is 189 g/mol. The molecule has 0 amide bonds. The zero-order valence-corrected chi connectivity index (χ0v) is 7.30. The highest BCUT2D eigenvalue weighted by Gasteiger charge is 2.26. The number of esters is 1. The molecule has 0 radical (unpaired) electrons. The molecule has 4 nitrogen and oxygen atoms in total. The average Bonchev–Trinajstić information content (AvgIpc) is 2.06. The number of hydrogen-bond donors (Lipinski definition) is 0. The number of carbonyl (C=O) groups is 2. The molecule has 0 aliphatic rings. The third-order valence-electron chi connectivity index (χ3n) is 1.11.